The van der Waals surface area contributed by atoms with Crippen LogP contribution < -0.4 is 5.32 Å². The summed E-state index contributed by atoms with van der Waals surface area (Å²) in [7, 11) is 0. The molecule has 1 aliphatic rings. The van der Waals surface area contributed by atoms with Gasteiger partial charge in [0.25, 0.3) is 0 Å². The van der Waals surface area contributed by atoms with Gasteiger partial charge in [0.15, 0.2) is 0 Å². The van der Waals surface area contributed by atoms with Crippen molar-refractivity contribution in [3.63, 3.8) is 0 Å². The average molecular weight is 236 g/mol. The van der Waals surface area contributed by atoms with Crippen LogP contribution in [0.2, 0.25) is 0 Å². The fraction of sp³-hybridized carbons (Fsp3) is 0.769. The maximum atomic E-state index is 3.96. The van der Waals surface area contributed by atoms with Gasteiger partial charge in [-0.25, -0.2) is 0 Å². The molecule has 2 heterocycles. The molecule has 4 nitrogen and oxygen atoms in total. The fourth-order valence-corrected chi connectivity index (χ4v) is 2.60. The van der Waals surface area contributed by atoms with Gasteiger partial charge in [-0.3, -0.25) is 10.00 Å². The van der Waals surface area contributed by atoms with Gasteiger partial charge >= 0.3 is 0 Å². The van der Waals surface area contributed by atoms with E-state index in [1.807, 2.05) is 6.07 Å². The number of nitrogens with zero attached hydrogens (tertiary/aromatic N) is 2. The lowest BCUT2D eigenvalue weighted by Gasteiger charge is -2.31. The Morgan fingerprint density at radius 1 is 1.41 bits per heavy atom. The molecule has 1 aliphatic heterocycles. The highest BCUT2D eigenvalue weighted by Crippen LogP contribution is 2.17. The highest BCUT2D eigenvalue weighted by Gasteiger charge is 2.23. The summed E-state index contributed by atoms with van der Waals surface area (Å²) in [6, 6.07) is 2.69. The van der Waals surface area contributed by atoms with Crippen molar-refractivity contribution in [3.05, 3.63) is 18.0 Å². The second-order valence-corrected chi connectivity index (χ2v) is 5.27. The summed E-state index contributed by atoms with van der Waals surface area (Å²) < 4.78 is 0. The summed E-state index contributed by atoms with van der Waals surface area (Å²) in [6.07, 6.45) is 4.53. The first-order chi connectivity index (χ1) is 8.27. The first-order valence-corrected chi connectivity index (χ1v) is 6.70. The smallest absolute Gasteiger partial charge is 0.0490 e. The molecule has 4 heteroatoms. The third kappa shape index (κ3) is 3.54. The van der Waals surface area contributed by atoms with Crippen LogP contribution in [0.1, 0.15) is 32.4 Å². The Morgan fingerprint density at radius 3 is 2.76 bits per heavy atom. The Balaban J connectivity index is 1.77. The molecule has 0 bridgehead atoms. The predicted octanol–water partition coefficient (Wildman–Crippen LogP) is 1.62. The van der Waals surface area contributed by atoms with Gasteiger partial charge in [-0.2, -0.15) is 5.10 Å². The van der Waals surface area contributed by atoms with E-state index >= 15 is 0 Å². The topological polar surface area (TPSA) is 44.0 Å². The average Bonchev–Trinajstić information content (AvgIpc) is 2.96. The molecule has 0 amide bonds. The van der Waals surface area contributed by atoms with E-state index in [0.29, 0.717) is 12.0 Å². The molecule has 1 saturated heterocycles. The number of aromatic amines is 1. The monoisotopic (exact) mass is 236 g/mol. The number of rotatable bonds is 6. The Bertz CT molecular complexity index is 301. The van der Waals surface area contributed by atoms with Crippen LogP contribution in [0.25, 0.3) is 0 Å². The molecule has 0 aromatic carbocycles. The lowest BCUT2D eigenvalue weighted by atomic mass is 10.0. The molecule has 0 radical (unpaired) electrons. The Hall–Kier alpha value is -0.870. The first-order valence-electron chi connectivity index (χ1n) is 6.70. The molecule has 0 spiro atoms. The molecule has 17 heavy (non-hydrogen) atoms. The molecule has 1 fully saturated rings. The van der Waals surface area contributed by atoms with Crippen molar-refractivity contribution in [1.29, 1.82) is 0 Å². The quantitative estimate of drug-likeness (QED) is 0.789. The second kappa shape index (κ2) is 6.17. The van der Waals surface area contributed by atoms with Gasteiger partial charge in [0, 0.05) is 31.0 Å². The van der Waals surface area contributed by atoms with E-state index in [0.717, 1.165) is 18.8 Å². The number of likely N-dealkylation sites (tertiary alicyclic amines) is 1. The van der Waals surface area contributed by atoms with Gasteiger partial charge in [-0.1, -0.05) is 13.8 Å². The molecular formula is C13H24N4. The van der Waals surface area contributed by atoms with E-state index in [-0.39, 0.29) is 0 Å². The van der Waals surface area contributed by atoms with Crippen LogP contribution in [0.5, 0.6) is 0 Å². The minimum Gasteiger partial charge on any atom is -0.310 e. The van der Waals surface area contributed by atoms with E-state index in [4.69, 9.17) is 0 Å². The molecule has 1 unspecified atom stereocenters. The van der Waals surface area contributed by atoms with Crippen molar-refractivity contribution in [3.8, 4) is 0 Å². The number of hydrogen-bond donors (Lipinski definition) is 2. The fourth-order valence-electron chi connectivity index (χ4n) is 2.60. The summed E-state index contributed by atoms with van der Waals surface area (Å²) in [6.45, 7) is 9.14. The standard InChI is InChI=1S/C13H24N4/c1-11(2)13(17-7-3-4-8-17)10-14-9-12-5-6-15-16-12/h5-6,11,13-14H,3-4,7-10H2,1-2H3,(H,15,16). The molecule has 0 aliphatic carbocycles. The molecule has 1 atom stereocenters. The number of hydrogen-bond acceptors (Lipinski definition) is 3. The van der Waals surface area contributed by atoms with E-state index < -0.39 is 0 Å². The van der Waals surface area contributed by atoms with Crippen molar-refractivity contribution < 1.29 is 0 Å². The normalized spacial score (nSPS) is 19.0. The molecule has 2 rings (SSSR count). The zero-order chi connectivity index (χ0) is 12.1. The third-order valence-electron chi connectivity index (χ3n) is 3.61. The number of H-pyrrole nitrogens is 1. The maximum absolute atomic E-state index is 3.96. The van der Waals surface area contributed by atoms with Gasteiger partial charge in [-0.05, 0) is 37.9 Å². The SMILES string of the molecule is CC(C)C(CNCc1ccn[nH]1)N1CCCC1. The van der Waals surface area contributed by atoms with Crippen LogP contribution >= 0.6 is 0 Å². The van der Waals surface area contributed by atoms with E-state index in [1.165, 1.54) is 25.9 Å². The zero-order valence-corrected chi connectivity index (χ0v) is 10.9. The molecule has 2 N–H and O–H groups in total. The van der Waals surface area contributed by atoms with Crippen molar-refractivity contribution >= 4 is 0 Å². The van der Waals surface area contributed by atoms with Crippen molar-refractivity contribution in [2.24, 2.45) is 5.92 Å². The van der Waals surface area contributed by atoms with Gasteiger partial charge in [0.1, 0.15) is 0 Å². The number of aromatic nitrogens is 2. The minimum atomic E-state index is 0.667. The molecule has 1 aromatic heterocycles. The highest BCUT2D eigenvalue weighted by atomic mass is 15.2. The zero-order valence-electron chi connectivity index (χ0n) is 10.9. The van der Waals surface area contributed by atoms with Gasteiger partial charge in [0.2, 0.25) is 0 Å². The summed E-state index contributed by atoms with van der Waals surface area (Å²) in [5, 5.41) is 10.5. The molecule has 0 saturated carbocycles. The third-order valence-corrected chi connectivity index (χ3v) is 3.61. The molecule has 1 aromatic rings. The van der Waals surface area contributed by atoms with Crippen LogP contribution in [-0.4, -0.2) is 40.8 Å². The largest absolute Gasteiger partial charge is 0.310 e. The van der Waals surface area contributed by atoms with E-state index in [2.05, 4.69) is 34.3 Å². The minimum absolute atomic E-state index is 0.667. The van der Waals surface area contributed by atoms with Crippen LogP contribution in [-0.2, 0) is 6.54 Å². The van der Waals surface area contributed by atoms with Gasteiger partial charge in [0.05, 0.1) is 0 Å². The van der Waals surface area contributed by atoms with Crippen molar-refractivity contribution in [2.45, 2.75) is 39.3 Å². The van der Waals surface area contributed by atoms with Gasteiger partial charge < -0.3 is 5.32 Å². The predicted molar refractivity (Wildman–Crippen MR) is 69.7 cm³/mol. The van der Waals surface area contributed by atoms with Crippen LogP contribution in [0.3, 0.4) is 0 Å². The van der Waals surface area contributed by atoms with Crippen LogP contribution in [0.15, 0.2) is 12.3 Å². The highest BCUT2D eigenvalue weighted by molar-refractivity contribution is 4.96. The van der Waals surface area contributed by atoms with E-state index in [1.54, 1.807) is 6.20 Å². The maximum Gasteiger partial charge on any atom is 0.0490 e. The summed E-state index contributed by atoms with van der Waals surface area (Å²) in [4.78, 5) is 2.63. The molecular weight excluding hydrogens is 212 g/mol. The summed E-state index contributed by atoms with van der Waals surface area (Å²) in [5.74, 6) is 0.711. The number of nitrogens with one attached hydrogen (secondary N) is 2. The first kappa shape index (κ1) is 12.6. The van der Waals surface area contributed by atoms with Crippen molar-refractivity contribution in [1.82, 2.24) is 20.4 Å². The Morgan fingerprint density at radius 2 is 2.18 bits per heavy atom. The Kier molecular flexibility index (Phi) is 4.57. The Labute approximate surface area is 104 Å². The lowest BCUT2D eigenvalue weighted by molar-refractivity contribution is 0.186. The van der Waals surface area contributed by atoms with Gasteiger partial charge in [-0.15, -0.1) is 0 Å². The van der Waals surface area contributed by atoms with E-state index in [9.17, 15) is 0 Å². The van der Waals surface area contributed by atoms with Crippen LogP contribution in [0, 0.1) is 5.92 Å². The lowest BCUT2D eigenvalue weighted by Crippen LogP contribution is -2.44. The molecule has 96 valence electrons. The van der Waals surface area contributed by atoms with Crippen molar-refractivity contribution in [2.75, 3.05) is 19.6 Å². The van der Waals surface area contributed by atoms with Crippen LogP contribution in [0.4, 0.5) is 0 Å². The summed E-state index contributed by atoms with van der Waals surface area (Å²) >= 11 is 0. The second-order valence-electron chi connectivity index (χ2n) is 5.27. The summed E-state index contributed by atoms with van der Waals surface area (Å²) in [5.41, 5.74) is 1.16.